The average Bonchev–Trinajstić information content (AvgIpc) is 2.41. The number of halogens is 2. The zero-order valence-electron chi connectivity index (χ0n) is 12.1. The summed E-state index contributed by atoms with van der Waals surface area (Å²) >= 11 is 12.1. The molecule has 0 aromatic heterocycles. The SMILES string of the molecule is CCCCCCCC(O)C(CN)c1ccc(Cl)cc1Cl. The Labute approximate surface area is 132 Å². The van der Waals surface area contributed by atoms with Gasteiger partial charge in [0.25, 0.3) is 0 Å². The third kappa shape index (κ3) is 5.61. The number of hydrogen-bond donors (Lipinski definition) is 2. The first-order chi connectivity index (χ1) is 9.60. The zero-order valence-corrected chi connectivity index (χ0v) is 13.6. The molecule has 0 saturated heterocycles. The Kier molecular flexibility index (Phi) is 8.55. The van der Waals surface area contributed by atoms with Gasteiger partial charge in [0.15, 0.2) is 0 Å². The van der Waals surface area contributed by atoms with E-state index in [-0.39, 0.29) is 5.92 Å². The summed E-state index contributed by atoms with van der Waals surface area (Å²) in [5.74, 6) is -0.119. The predicted molar refractivity (Wildman–Crippen MR) is 87.6 cm³/mol. The van der Waals surface area contributed by atoms with Gasteiger partial charge in [-0.05, 0) is 24.1 Å². The first kappa shape index (κ1) is 17.8. The fourth-order valence-electron chi connectivity index (χ4n) is 2.45. The zero-order chi connectivity index (χ0) is 15.0. The van der Waals surface area contributed by atoms with E-state index in [0.717, 1.165) is 24.8 Å². The van der Waals surface area contributed by atoms with Crippen molar-refractivity contribution in [1.82, 2.24) is 0 Å². The van der Waals surface area contributed by atoms with Crippen molar-refractivity contribution in [3.05, 3.63) is 33.8 Å². The van der Waals surface area contributed by atoms with Crippen LogP contribution >= 0.6 is 23.2 Å². The lowest BCUT2D eigenvalue weighted by atomic mass is 9.90. The van der Waals surface area contributed by atoms with E-state index in [0.29, 0.717) is 16.6 Å². The van der Waals surface area contributed by atoms with Crippen LogP contribution in [0.1, 0.15) is 56.9 Å². The van der Waals surface area contributed by atoms with E-state index in [9.17, 15) is 5.11 Å². The van der Waals surface area contributed by atoms with Gasteiger partial charge in [-0.3, -0.25) is 0 Å². The van der Waals surface area contributed by atoms with Crippen LogP contribution in [-0.2, 0) is 0 Å². The molecule has 20 heavy (non-hydrogen) atoms. The third-order valence-corrected chi connectivity index (χ3v) is 4.25. The molecule has 0 aliphatic heterocycles. The van der Waals surface area contributed by atoms with E-state index in [2.05, 4.69) is 6.92 Å². The molecule has 1 aromatic carbocycles. The number of hydrogen-bond acceptors (Lipinski definition) is 2. The predicted octanol–water partition coefficient (Wildman–Crippen LogP) is 4.76. The Hall–Kier alpha value is -0.280. The van der Waals surface area contributed by atoms with Crippen LogP contribution in [0.2, 0.25) is 10.0 Å². The normalized spacial score (nSPS) is 14.2. The molecule has 2 nitrogen and oxygen atoms in total. The molecule has 3 N–H and O–H groups in total. The summed E-state index contributed by atoms with van der Waals surface area (Å²) in [6.45, 7) is 2.58. The molecule has 4 heteroatoms. The second kappa shape index (κ2) is 9.62. The van der Waals surface area contributed by atoms with Crippen molar-refractivity contribution in [2.24, 2.45) is 5.73 Å². The summed E-state index contributed by atoms with van der Waals surface area (Å²) in [5.41, 5.74) is 6.70. The Morgan fingerprint density at radius 3 is 2.45 bits per heavy atom. The van der Waals surface area contributed by atoms with E-state index in [1.165, 1.54) is 19.3 Å². The number of nitrogens with two attached hydrogens (primary N) is 1. The molecule has 0 heterocycles. The lowest BCUT2D eigenvalue weighted by molar-refractivity contribution is 0.132. The summed E-state index contributed by atoms with van der Waals surface area (Å²) in [7, 11) is 0. The monoisotopic (exact) mass is 317 g/mol. The van der Waals surface area contributed by atoms with Crippen molar-refractivity contribution in [2.45, 2.75) is 57.5 Å². The van der Waals surface area contributed by atoms with Gasteiger partial charge in [-0.25, -0.2) is 0 Å². The topological polar surface area (TPSA) is 46.2 Å². The molecular weight excluding hydrogens is 293 g/mol. The van der Waals surface area contributed by atoms with Crippen LogP contribution in [0, 0.1) is 0 Å². The molecule has 0 fully saturated rings. The highest BCUT2D eigenvalue weighted by Crippen LogP contribution is 2.30. The molecular formula is C16H25Cl2NO. The fourth-order valence-corrected chi connectivity index (χ4v) is 3.00. The number of aliphatic hydroxyl groups excluding tert-OH is 1. The van der Waals surface area contributed by atoms with E-state index < -0.39 is 6.10 Å². The molecule has 2 unspecified atom stereocenters. The molecule has 0 saturated carbocycles. The highest BCUT2D eigenvalue weighted by molar-refractivity contribution is 6.35. The molecule has 0 radical (unpaired) electrons. The average molecular weight is 318 g/mol. The van der Waals surface area contributed by atoms with Crippen molar-refractivity contribution >= 4 is 23.2 Å². The summed E-state index contributed by atoms with van der Waals surface area (Å²) in [5, 5.41) is 11.5. The third-order valence-electron chi connectivity index (χ3n) is 3.68. The maximum atomic E-state index is 10.3. The molecule has 1 rings (SSSR count). The highest BCUT2D eigenvalue weighted by atomic mass is 35.5. The second-order valence-electron chi connectivity index (χ2n) is 5.28. The summed E-state index contributed by atoms with van der Waals surface area (Å²) in [4.78, 5) is 0. The van der Waals surface area contributed by atoms with Gasteiger partial charge in [-0.2, -0.15) is 0 Å². The number of unbranched alkanes of at least 4 members (excludes halogenated alkanes) is 4. The minimum absolute atomic E-state index is 0.119. The van der Waals surface area contributed by atoms with Gasteiger partial charge < -0.3 is 10.8 Å². The summed E-state index contributed by atoms with van der Waals surface area (Å²) in [6.07, 6.45) is 6.25. The van der Waals surface area contributed by atoms with Gasteiger partial charge in [-0.15, -0.1) is 0 Å². The van der Waals surface area contributed by atoms with Crippen molar-refractivity contribution in [1.29, 1.82) is 0 Å². The Morgan fingerprint density at radius 2 is 1.85 bits per heavy atom. The van der Waals surface area contributed by atoms with Gasteiger partial charge in [-0.1, -0.05) is 68.3 Å². The fraction of sp³-hybridized carbons (Fsp3) is 0.625. The summed E-state index contributed by atoms with van der Waals surface area (Å²) in [6, 6.07) is 5.36. The standard InChI is InChI=1S/C16H25Cl2NO/c1-2-3-4-5-6-7-16(20)14(11-19)13-9-8-12(17)10-15(13)18/h8-10,14,16,20H,2-7,11,19H2,1H3. The van der Waals surface area contributed by atoms with Gasteiger partial charge in [0.2, 0.25) is 0 Å². The molecule has 2 atom stereocenters. The molecule has 0 bridgehead atoms. The second-order valence-corrected chi connectivity index (χ2v) is 6.12. The van der Waals surface area contributed by atoms with Crippen LogP contribution in [0.4, 0.5) is 0 Å². The maximum Gasteiger partial charge on any atom is 0.0621 e. The quantitative estimate of drug-likeness (QED) is 0.645. The van der Waals surface area contributed by atoms with Crippen LogP contribution < -0.4 is 5.73 Å². The highest BCUT2D eigenvalue weighted by Gasteiger charge is 2.21. The van der Waals surface area contributed by atoms with Crippen LogP contribution in [0.25, 0.3) is 0 Å². The Morgan fingerprint density at radius 1 is 1.15 bits per heavy atom. The van der Waals surface area contributed by atoms with Gasteiger partial charge in [0, 0.05) is 22.5 Å². The summed E-state index contributed by atoms with van der Waals surface area (Å²) < 4.78 is 0. The van der Waals surface area contributed by atoms with Crippen molar-refractivity contribution < 1.29 is 5.11 Å². The van der Waals surface area contributed by atoms with Crippen molar-refractivity contribution in [3.63, 3.8) is 0 Å². The Balaban J connectivity index is 2.56. The van der Waals surface area contributed by atoms with E-state index in [1.807, 2.05) is 6.07 Å². The molecule has 0 amide bonds. The van der Waals surface area contributed by atoms with Crippen LogP contribution in [0.15, 0.2) is 18.2 Å². The minimum Gasteiger partial charge on any atom is -0.392 e. The maximum absolute atomic E-state index is 10.3. The van der Waals surface area contributed by atoms with Crippen molar-refractivity contribution in [2.75, 3.05) is 6.54 Å². The van der Waals surface area contributed by atoms with Crippen molar-refractivity contribution in [3.8, 4) is 0 Å². The lowest BCUT2D eigenvalue weighted by Gasteiger charge is -2.23. The van der Waals surface area contributed by atoms with E-state index in [4.69, 9.17) is 28.9 Å². The lowest BCUT2D eigenvalue weighted by Crippen LogP contribution is -2.26. The van der Waals surface area contributed by atoms with Gasteiger partial charge in [0.05, 0.1) is 6.10 Å². The number of rotatable bonds is 9. The Bertz CT molecular complexity index is 398. The molecule has 114 valence electrons. The van der Waals surface area contributed by atoms with Gasteiger partial charge in [0.1, 0.15) is 0 Å². The van der Waals surface area contributed by atoms with Gasteiger partial charge >= 0.3 is 0 Å². The minimum atomic E-state index is -0.444. The smallest absolute Gasteiger partial charge is 0.0621 e. The molecule has 0 aliphatic carbocycles. The van der Waals surface area contributed by atoms with Crippen LogP contribution in [0.5, 0.6) is 0 Å². The first-order valence-corrected chi connectivity index (χ1v) is 8.18. The number of aliphatic hydroxyl groups is 1. The first-order valence-electron chi connectivity index (χ1n) is 7.43. The van der Waals surface area contributed by atoms with Crippen LogP contribution in [-0.4, -0.2) is 17.8 Å². The largest absolute Gasteiger partial charge is 0.392 e. The molecule has 0 spiro atoms. The number of benzene rings is 1. The molecule has 0 aliphatic rings. The van der Waals surface area contributed by atoms with E-state index >= 15 is 0 Å². The molecule has 1 aromatic rings. The van der Waals surface area contributed by atoms with Crippen LogP contribution in [0.3, 0.4) is 0 Å². The van der Waals surface area contributed by atoms with E-state index in [1.54, 1.807) is 12.1 Å².